The number of aliphatic carboxylic acids is 1. The van der Waals surface area contributed by atoms with Crippen molar-refractivity contribution in [3.05, 3.63) is 35.2 Å². The van der Waals surface area contributed by atoms with Gasteiger partial charge in [0.25, 0.3) is 0 Å². The van der Waals surface area contributed by atoms with E-state index in [9.17, 15) is 9.59 Å². The number of carboxylic acids is 1. The van der Waals surface area contributed by atoms with Gasteiger partial charge in [-0.25, -0.2) is 4.98 Å². The molecule has 0 aliphatic carbocycles. The zero-order chi connectivity index (χ0) is 18.0. The fraction of sp³-hybridized carbons (Fsp3) is 0.389. The summed E-state index contributed by atoms with van der Waals surface area (Å²) in [6, 6.07) is 8.07. The molecule has 132 valence electrons. The van der Waals surface area contributed by atoms with Gasteiger partial charge in [-0.2, -0.15) is 0 Å². The molecule has 6 nitrogen and oxygen atoms in total. The van der Waals surface area contributed by atoms with E-state index in [0.717, 1.165) is 11.3 Å². The molecule has 1 saturated heterocycles. The van der Waals surface area contributed by atoms with E-state index in [1.165, 1.54) is 16.9 Å². The number of aryl methyl sites for hydroxylation is 1. The Hall–Kier alpha value is -2.25. The monoisotopic (exact) mass is 359 g/mol. The first kappa shape index (κ1) is 17.6. The van der Waals surface area contributed by atoms with E-state index in [1.54, 1.807) is 0 Å². The highest BCUT2D eigenvalue weighted by molar-refractivity contribution is 7.14. The number of nitrogens with one attached hydrogen (secondary N) is 1. The topological polar surface area (TPSA) is 82.5 Å². The SMILES string of the molecule is Cc1ccc(-c2csc(NC(=O)CN3C[C@@H](C)[C@H](C(=O)O)C3)n2)cc1. The van der Waals surface area contributed by atoms with Crippen LogP contribution in [0.5, 0.6) is 0 Å². The van der Waals surface area contributed by atoms with Crippen molar-refractivity contribution in [2.45, 2.75) is 13.8 Å². The second-order valence-corrected chi connectivity index (χ2v) is 7.43. The van der Waals surface area contributed by atoms with E-state index in [2.05, 4.69) is 10.3 Å². The molecule has 2 atom stereocenters. The number of rotatable bonds is 5. The van der Waals surface area contributed by atoms with E-state index in [0.29, 0.717) is 18.2 Å². The first-order valence-electron chi connectivity index (χ1n) is 8.20. The molecule has 1 aromatic carbocycles. The van der Waals surface area contributed by atoms with Crippen LogP contribution in [0.2, 0.25) is 0 Å². The highest BCUT2D eigenvalue weighted by Crippen LogP contribution is 2.26. The van der Waals surface area contributed by atoms with Gasteiger partial charge in [-0.15, -0.1) is 11.3 Å². The molecule has 2 aromatic rings. The number of amides is 1. The fourth-order valence-electron chi connectivity index (χ4n) is 3.07. The largest absolute Gasteiger partial charge is 0.481 e. The number of aromatic nitrogens is 1. The first-order chi connectivity index (χ1) is 11.9. The number of anilines is 1. The third-order valence-electron chi connectivity index (χ3n) is 4.47. The molecule has 1 fully saturated rings. The standard InChI is InChI=1S/C18H21N3O3S/c1-11-3-5-13(6-4-11)15-10-25-18(19-15)20-16(22)9-21-7-12(2)14(8-21)17(23)24/h3-6,10,12,14H,7-9H2,1-2H3,(H,23,24)(H,19,20,22)/t12-,14-/m1/s1. The maximum atomic E-state index is 12.2. The van der Waals surface area contributed by atoms with Crippen molar-refractivity contribution in [3.8, 4) is 11.3 Å². The summed E-state index contributed by atoms with van der Waals surface area (Å²) in [7, 11) is 0. The average Bonchev–Trinajstić information content (AvgIpc) is 3.15. The second-order valence-electron chi connectivity index (χ2n) is 6.57. The van der Waals surface area contributed by atoms with E-state index >= 15 is 0 Å². The molecule has 2 heterocycles. The third-order valence-corrected chi connectivity index (χ3v) is 5.23. The molecule has 3 rings (SSSR count). The van der Waals surface area contributed by atoms with Crippen LogP contribution in [0.3, 0.4) is 0 Å². The quantitative estimate of drug-likeness (QED) is 0.858. The summed E-state index contributed by atoms with van der Waals surface area (Å²) in [5.41, 5.74) is 3.04. The van der Waals surface area contributed by atoms with Gasteiger partial charge in [-0.3, -0.25) is 14.5 Å². The lowest BCUT2D eigenvalue weighted by Crippen LogP contribution is -2.32. The second kappa shape index (κ2) is 7.33. The smallest absolute Gasteiger partial charge is 0.308 e. The van der Waals surface area contributed by atoms with Gasteiger partial charge < -0.3 is 10.4 Å². The Labute approximate surface area is 150 Å². The lowest BCUT2D eigenvalue weighted by molar-refractivity contribution is -0.142. The van der Waals surface area contributed by atoms with Crippen molar-refractivity contribution in [2.75, 3.05) is 25.0 Å². The van der Waals surface area contributed by atoms with Crippen LogP contribution >= 0.6 is 11.3 Å². The number of nitrogens with zero attached hydrogens (tertiary/aromatic N) is 2. The number of carboxylic acid groups (broad SMARTS) is 1. The Balaban J connectivity index is 1.57. The van der Waals surface area contributed by atoms with Gasteiger partial charge in [0, 0.05) is 24.0 Å². The molecule has 1 aliphatic rings. The summed E-state index contributed by atoms with van der Waals surface area (Å²) in [6.45, 7) is 5.16. The maximum Gasteiger partial charge on any atom is 0.308 e. The number of likely N-dealkylation sites (tertiary alicyclic amines) is 1. The normalized spacial score (nSPS) is 20.6. The Morgan fingerprint density at radius 1 is 1.32 bits per heavy atom. The third kappa shape index (κ3) is 4.24. The number of carbonyl (C=O) groups excluding carboxylic acids is 1. The van der Waals surface area contributed by atoms with Crippen LogP contribution < -0.4 is 5.32 Å². The molecule has 0 spiro atoms. The number of hydrogen-bond acceptors (Lipinski definition) is 5. The summed E-state index contributed by atoms with van der Waals surface area (Å²) in [5.74, 6) is -1.31. The predicted octanol–water partition coefficient (Wildman–Crippen LogP) is 2.71. The van der Waals surface area contributed by atoms with E-state index < -0.39 is 11.9 Å². The van der Waals surface area contributed by atoms with Crippen LogP contribution in [-0.2, 0) is 9.59 Å². The van der Waals surface area contributed by atoms with Crippen molar-refractivity contribution >= 4 is 28.3 Å². The molecule has 0 radical (unpaired) electrons. The molecule has 25 heavy (non-hydrogen) atoms. The van der Waals surface area contributed by atoms with Gasteiger partial charge in [0.15, 0.2) is 5.13 Å². The zero-order valence-corrected chi connectivity index (χ0v) is 15.0. The number of benzene rings is 1. The van der Waals surface area contributed by atoms with E-state index in [4.69, 9.17) is 5.11 Å². The van der Waals surface area contributed by atoms with Crippen LogP contribution in [0.1, 0.15) is 12.5 Å². The Morgan fingerprint density at radius 2 is 2.04 bits per heavy atom. The molecule has 0 bridgehead atoms. The van der Waals surface area contributed by atoms with Gasteiger partial charge in [-0.1, -0.05) is 36.8 Å². The molecular weight excluding hydrogens is 338 g/mol. The fourth-order valence-corrected chi connectivity index (χ4v) is 3.80. The molecule has 0 unspecified atom stereocenters. The van der Waals surface area contributed by atoms with Gasteiger partial charge in [0.2, 0.25) is 5.91 Å². The van der Waals surface area contributed by atoms with Gasteiger partial charge >= 0.3 is 5.97 Å². The molecular formula is C18H21N3O3S. The number of hydrogen-bond donors (Lipinski definition) is 2. The minimum Gasteiger partial charge on any atom is -0.481 e. The van der Waals surface area contributed by atoms with Crippen molar-refractivity contribution in [1.29, 1.82) is 0 Å². The van der Waals surface area contributed by atoms with E-state index in [1.807, 2.05) is 48.4 Å². The van der Waals surface area contributed by atoms with Crippen molar-refractivity contribution < 1.29 is 14.7 Å². The van der Waals surface area contributed by atoms with Crippen LogP contribution in [0.25, 0.3) is 11.3 Å². The minimum absolute atomic E-state index is 0.0540. The van der Waals surface area contributed by atoms with Crippen molar-refractivity contribution in [3.63, 3.8) is 0 Å². The maximum absolute atomic E-state index is 12.2. The zero-order valence-electron chi connectivity index (χ0n) is 14.2. The summed E-state index contributed by atoms with van der Waals surface area (Å²) in [6.07, 6.45) is 0. The molecule has 7 heteroatoms. The highest BCUT2D eigenvalue weighted by Gasteiger charge is 2.35. The van der Waals surface area contributed by atoms with Crippen molar-refractivity contribution in [1.82, 2.24) is 9.88 Å². The molecule has 2 N–H and O–H groups in total. The Bertz CT molecular complexity index is 772. The summed E-state index contributed by atoms with van der Waals surface area (Å²) in [5, 5.41) is 14.4. The average molecular weight is 359 g/mol. The number of thiazole rings is 1. The molecule has 0 saturated carbocycles. The van der Waals surface area contributed by atoms with Crippen LogP contribution in [0, 0.1) is 18.8 Å². The lowest BCUT2D eigenvalue weighted by Gasteiger charge is -2.13. The van der Waals surface area contributed by atoms with Gasteiger partial charge in [0.1, 0.15) is 0 Å². The number of carbonyl (C=O) groups is 2. The molecule has 1 aromatic heterocycles. The summed E-state index contributed by atoms with van der Waals surface area (Å²) in [4.78, 5) is 29.7. The minimum atomic E-state index is -0.793. The van der Waals surface area contributed by atoms with Gasteiger partial charge in [0.05, 0.1) is 18.2 Å². The highest BCUT2D eigenvalue weighted by atomic mass is 32.1. The van der Waals surface area contributed by atoms with E-state index in [-0.39, 0.29) is 18.4 Å². The van der Waals surface area contributed by atoms with Crippen LogP contribution in [0.15, 0.2) is 29.6 Å². The van der Waals surface area contributed by atoms with Gasteiger partial charge in [-0.05, 0) is 12.8 Å². The van der Waals surface area contributed by atoms with Crippen molar-refractivity contribution in [2.24, 2.45) is 11.8 Å². The molecule has 1 amide bonds. The predicted molar refractivity (Wildman–Crippen MR) is 97.6 cm³/mol. The first-order valence-corrected chi connectivity index (χ1v) is 9.08. The molecule has 1 aliphatic heterocycles. The Morgan fingerprint density at radius 3 is 2.68 bits per heavy atom. The lowest BCUT2D eigenvalue weighted by atomic mass is 9.99. The van der Waals surface area contributed by atoms with Crippen LogP contribution in [-0.4, -0.2) is 46.5 Å². The summed E-state index contributed by atoms with van der Waals surface area (Å²) < 4.78 is 0. The Kier molecular flexibility index (Phi) is 5.15. The summed E-state index contributed by atoms with van der Waals surface area (Å²) >= 11 is 1.39. The van der Waals surface area contributed by atoms with Crippen LogP contribution in [0.4, 0.5) is 5.13 Å².